The van der Waals surface area contributed by atoms with E-state index in [4.69, 9.17) is 0 Å². The Morgan fingerprint density at radius 1 is 0.419 bits per heavy atom. The van der Waals surface area contributed by atoms with Gasteiger partial charge in [-0.3, -0.25) is 0 Å². The van der Waals surface area contributed by atoms with E-state index >= 15 is 0 Å². The van der Waals surface area contributed by atoms with Gasteiger partial charge in [-0.1, -0.05) is 130 Å². The quantitative estimate of drug-likeness (QED) is 0.148. The highest BCUT2D eigenvalue weighted by Crippen LogP contribution is 2.23. The lowest BCUT2D eigenvalue weighted by Crippen LogP contribution is -2.39. The fourth-order valence-electron chi connectivity index (χ4n) is 4.94. The van der Waals surface area contributed by atoms with E-state index < -0.39 is 0 Å². The summed E-state index contributed by atoms with van der Waals surface area (Å²) in [5.74, 6) is 0. The third kappa shape index (κ3) is 14.9. The van der Waals surface area contributed by atoms with Gasteiger partial charge in [-0.25, -0.2) is 0 Å². The third-order valence-electron chi connectivity index (χ3n) is 7.07. The second-order valence-electron chi connectivity index (χ2n) is 10.1. The molecule has 1 unspecified atom stereocenters. The van der Waals surface area contributed by atoms with E-state index in [1.165, 1.54) is 148 Å². The van der Waals surface area contributed by atoms with Gasteiger partial charge in [0.1, 0.15) is 6.17 Å². The predicted molar refractivity (Wildman–Crippen MR) is 140 cm³/mol. The molecule has 0 fully saturated rings. The molecule has 2 heteroatoms. The second-order valence-corrected chi connectivity index (χ2v) is 10.1. The second kappa shape index (κ2) is 21.2. The first kappa shape index (κ1) is 28.4. The van der Waals surface area contributed by atoms with Crippen LogP contribution in [0.4, 0.5) is 0 Å². The molecule has 1 rings (SSSR count). The molecular weight excluding hydrogens is 376 g/mol. The van der Waals surface area contributed by atoms with Crippen molar-refractivity contribution < 1.29 is 0 Å². The number of unbranched alkanes of at least 4 members (excludes halogenated alkanes) is 17. The molecule has 0 saturated carbocycles. The Balaban J connectivity index is 2.12. The average molecular weight is 435 g/mol. The highest BCUT2D eigenvalue weighted by atomic mass is 15.4. The largest absolute Gasteiger partial charge is 0.356 e. The lowest BCUT2D eigenvalue weighted by Gasteiger charge is -2.33. The lowest BCUT2D eigenvalue weighted by molar-refractivity contribution is 0.136. The molecule has 0 aromatic carbocycles. The van der Waals surface area contributed by atoms with Crippen molar-refractivity contribution in [2.45, 2.75) is 162 Å². The molecule has 0 saturated heterocycles. The van der Waals surface area contributed by atoms with Crippen molar-refractivity contribution in [1.82, 2.24) is 9.80 Å². The molecule has 1 atom stereocenters. The third-order valence-corrected chi connectivity index (χ3v) is 7.07. The molecule has 1 aliphatic heterocycles. The summed E-state index contributed by atoms with van der Waals surface area (Å²) < 4.78 is 0. The van der Waals surface area contributed by atoms with Gasteiger partial charge in [-0.15, -0.1) is 0 Å². The monoisotopic (exact) mass is 434 g/mol. The minimum Gasteiger partial charge on any atom is -0.356 e. The van der Waals surface area contributed by atoms with Crippen LogP contribution in [0.15, 0.2) is 12.4 Å². The van der Waals surface area contributed by atoms with Crippen LogP contribution in [0, 0.1) is 0 Å². The molecule has 0 bridgehead atoms. The molecule has 0 aromatic heterocycles. The van der Waals surface area contributed by atoms with Crippen LogP contribution in [0.5, 0.6) is 0 Å². The molecule has 2 nitrogen and oxygen atoms in total. The van der Waals surface area contributed by atoms with Crippen molar-refractivity contribution in [3.05, 3.63) is 12.4 Å². The van der Waals surface area contributed by atoms with Crippen LogP contribution in [0.2, 0.25) is 0 Å². The van der Waals surface area contributed by atoms with E-state index in [1.807, 2.05) is 0 Å². The zero-order valence-electron chi connectivity index (χ0n) is 21.9. The van der Waals surface area contributed by atoms with Gasteiger partial charge in [0.15, 0.2) is 0 Å². The first-order valence-corrected chi connectivity index (χ1v) is 14.5. The molecule has 0 aromatic rings. The van der Waals surface area contributed by atoms with Crippen molar-refractivity contribution in [2.24, 2.45) is 0 Å². The van der Waals surface area contributed by atoms with Gasteiger partial charge in [0.05, 0.1) is 0 Å². The van der Waals surface area contributed by atoms with Gasteiger partial charge in [0.25, 0.3) is 0 Å². The normalized spacial score (nSPS) is 16.0. The van der Waals surface area contributed by atoms with Crippen molar-refractivity contribution in [2.75, 3.05) is 13.1 Å². The van der Waals surface area contributed by atoms with Crippen LogP contribution in [0.3, 0.4) is 0 Å². The maximum Gasteiger partial charge on any atom is 0.101 e. The Morgan fingerprint density at radius 3 is 1.10 bits per heavy atom. The van der Waals surface area contributed by atoms with E-state index in [2.05, 4.69) is 43.0 Å². The van der Waals surface area contributed by atoms with Crippen molar-refractivity contribution >= 4 is 0 Å². The number of rotatable bonds is 23. The Kier molecular flexibility index (Phi) is 19.4. The maximum atomic E-state index is 2.66. The summed E-state index contributed by atoms with van der Waals surface area (Å²) in [6, 6.07) is 0. The van der Waals surface area contributed by atoms with Crippen LogP contribution < -0.4 is 0 Å². The summed E-state index contributed by atoms with van der Waals surface area (Å²) >= 11 is 0. The summed E-state index contributed by atoms with van der Waals surface area (Å²) in [6.45, 7) is 9.46. The minimum atomic E-state index is 0.642. The van der Waals surface area contributed by atoms with Crippen molar-refractivity contribution in [3.8, 4) is 0 Å². The molecule has 0 spiro atoms. The SMILES string of the molecule is CCCCCCCCCCCCN1C=CN(CCCCCCCCCC)C1CCCC. The number of hydrogen-bond acceptors (Lipinski definition) is 2. The summed E-state index contributed by atoms with van der Waals surface area (Å²) in [6.07, 6.45) is 35.1. The van der Waals surface area contributed by atoms with E-state index in [-0.39, 0.29) is 0 Å². The van der Waals surface area contributed by atoms with Crippen LogP contribution in [0.25, 0.3) is 0 Å². The fourth-order valence-corrected chi connectivity index (χ4v) is 4.94. The molecule has 0 radical (unpaired) electrons. The summed E-state index contributed by atoms with van der Waals surface area (Å²) in [4.78, 5) is 5.31. The van der Waals surface area contributed by atoms with Crippen LogP contribution in [-0.4, -0.2) is 29.1 Å². The molecular formula is C29H58N2. The lowest BCUT2D eigenvalue weighted by atomic mass is 10.1. The maximum absolute atomic E-state index is 2.66. The summed E-state index contributed by atoms with van der Waals surface area (Å²) in [5, 5.41) is 0. The van der Waals surface area contributed by atoms with Crippen LogP contribution >= 0.6 is 0 Å². The van der Waals surface area contributed by atoms with Gasteiger partial charge in [0.2, 0.25) is 0 Å². The number of hydrogen-bond donors (Lipinski definition) is 0. The van der Waals surface area contributed by atoms with Crippen molar-refractivity contribution in [3.63, 3.8) is 0 Å². The van der Waals surface area contributed by atoms with Gasteiger partial charge < -0.3 is 9.80 Å². The van der Waals surface area contributed by atoms with Crippen molar-refractivity contribution in [1.29, 1.82) is 0 Å². The number of nitrogens with zero attached hydrogens (tertiary/aromatic N) is 2. The Morgan fingerprint density at radius 2 is 0.742 bits per heavy atom. The van der Waals surface area contributed by atoms with E-state index in [0.717, 1.165) is 0 Å². The first-order valence-electron chi connectivity index (χ1n) is 14.5. The molecule has 0 amide bonds. The highest BCUT2D eigenvalue weighted by Gasteiger charge is 2.24. The highest BCUT2D eigenvalue weighted by molar-refractivity contribution is 4.96. The van der Waals surface area contributed by atoms with Crippen LogP contribution in [-0.2, 0) is 0 Å². The van der Waals surface area contributed by atoms with Crippen LogP contribution in [0.1, 0.15) is 156 Å². The van der Waals surface area contributed by atoms with Gasteiger partial charge in [-0.05, 0) is 25.7 Å². The zero-order chi connectivity index (χ0) is 22.4. The molecule has 31 heavy (non-hydrogen) atoms. The first-order chi connectivity index (χ1) is 15.3. The zero-order valence-corrected chi connectivity index (χ0v) is 21.9. The molecule has 0 N–H and O–H groups in total. The molecule has 1 aliphatic rings. The minimum absolute atomic E-state index is 0.642. The summed E-state index contributed by atoms with van der Waals surface area (Å²) in [5.41, 5.74) is 0. The Hall–Kier alpha value is -0.660. The van der Waals surface area contributed by atoms with Gasteiger partial charge >= 0.3 is 0 Å². The standard InChI is InChI=1S/C29H58N2/c1-4-7-10-12-14-16-17-19-21-23-26-31-28-27-30(29(31)24-9-6-3)25-22-20-18-15-13-11-8-5-2/h27-29H,4-26H2,1-3H3. The molecule has 184 valence electrons. The topological polar surface area (TPSA) is 6.48 Å². The summed E-state index contributed by atoms with van der Waals surface area (Å²) in [7, 11) is 0. The van der Waals surface area contributed by atoms with Gasteiger partial charge in [-0.2, -0.15) is 0 Å². The van der Waals surface area contributed by atoms with E-state index in [1.54, 1.807) is 0 Å². The van der Waals surface area contributed by atoms with E-state index in [0.29, 0.717) is 6.17 Å². The smallest absolute Gasteiger partial charge is 0.101 e. The molecule has 1 heterocycles. The average Bonchev–Trinajstić information content (AvgIpc) is 3.16. The fraction of sp³-hybridized carbons (Fsp3) is 0.931. The van der Waals surface area contributed by atoms with E-state index in [9.17, 15) is 0 Å². The predicted octanol–water partition coefficient (Wildman–Crippen LogP) is 9.65. The Bertz CT molecular complexity index is 392. The Labute approximate surface area is 197 Å². The molecule has 0 aliphatic carbocycles. The van der Waals surface area contributed by atoms with Gasteiger partial charge in [0, 0.05) is 25.5 Å².